The van der Waals surface area contributed by atoms with Crippen molar-refractivity contribution >= 4 is 0 Å². The zero-order chi connectivity index (χ0) is 14.2. The third kappa shape index (κ3) is 4.58. The number of nitrogens with zero attached hydrogens (tertiary/aromatic N) is 2. The highest BCUT2D eigenvalue weighted by molar-refractivity contribution is 5.14. The molecule has 0 aromatic heterocycles. The predicted octanol–water partition coefficient (Wildman–Crippen LogP) is 2.36. The SMILES string of the molecule is CCN(CCO)CC1CCCCN1Cc1ccccc1. The van der Waals surface area contributed by atoms with Crippen molar-refractivity contribution in [2.75, 3.05) is 32.8 Å². The lowest BCUT2D eigenvalue weighted by Crippen LogP contribution is -2.46. The van der Waals surface area contributed by atoms with Crippen LogP contribution in [0.15, 0.2) is 30.3 Å². The van der Waals surface area contributed by atoms with Gasteiger partial charge < -0.3 is 5.11 Å². The van der Waals surface area contributed by atoms with E-state index < -0.39 is 0 Å². The largest absolute Gasteiger partial charge is 0.395 e. The third-order valence-electron chi connectivity index (χ3n) is 4.31. The molecule has 1 heterocycles. The standard InChI is InChI=1S/C17H28N2O/c1-2-18(12-13-20)15-17-10-6-7-11-19(17)14-16-8-4-3-5-9-16/h3-5,8-9,17,20H,2,6-7,10-15H2,1H3. The average Bonchev–Trinajstić information content (AvgIpc) is 2.49. The smallest absolute Gasteiger partial charge is 0.0558 e. The quantitative estimate of drug-likeness (QED) is 0.828. The summed E-state index contributed by atoms with van der Waals surface area (Å²) < 4.78 is 0. The van der Waals surface area contributed by atoms with Crippen molar-refractivity contribution in [3.63, 3.8) is 0 Å². The number of benzene rings is 1. The van der Waals surface area contributed by atoms with Crippen LogP contribution in [0, 0.1) is 0 Å². The zero-order valence-electron chi connectivity index (χ0n) is 12.7. The van der Waals surface area contributed by atoms with Gasteiger partial charge in [-0.3, -0.25) is 9.80 Å². The number of likely N-dealkylation sites (tertiary alicyclic amines) is 1. The summed E-state index contributed by atoms with van der Waals surface area (Å²) in [5, 5.41) is 9.14. The molecule has 0 aliphatic carbocycles. The van der Waals surface area contributed by atoms with Crippen molar-refractivity contribution in [2.45, 2.75) is 38.8 Å². The van der Waals surface area contributed by atoms with Crippen LogP contribution in [-0.4, -0.2) is 53.7 Å². The van der Waals surface area contributed by atoms with Gasteiger partial charge in [-0.15, -0.1) is 0 Å². The Morgan fingerprint density at radius 3 is 2.75 bits per heavy atom. The van der Waals surface area contributed by atoms with E-state index in [9.17, 15) is 0 Å². The maximum Gasteiger partial charge on any atom is 0.0558 e. The molecule has 1 N–H and O–H groups in total. The number of likely N-dealkylation sites (N-methyl/N-ethyl adjacent to an activating group) is 1. The molecule has 1 aromatic rings. The summed E-state index contributed by atoms with van der Waals surface area (Å²) in [6.07, 6.45) is 3.94. The number of aliphatic hydroxyl groups is 1. The van der Waals surface area contributed by atoms with Crippen LogP contribution >= 0.6 is 0 Å². The molecule has 1 atom stereocenters. The molecule has 1 aromatic carbocycles. The van der Waals surface area contributed by atoms with Crippen LogP contribution in [-0.2, 0) is 6.54 Å². The molecule has 20 heavy (non-hydrogen) atoms. The van der Waals surface area contributed by atoms with E-state index in [4.69, 9.17) is 5.11 Å². The molecule has 2 rings (SSSR count). The van der Waals surface area contributed by atoms with Gasteiger partial charge in [0.2, 0.25) is 0 Å². The third-order valence-corrected chi connectivity index (χ3v) is 4.31. The maximum absolute atomic E-state index is 9.14. The van der Waals surface area contributed by atoms with Crippen molar-refractivity contribution in [3.8, 4) is 0 Å². The predicted molar refractivity (Wildman–Crippen MR) is 83.7 cm³/mol. The fourth-order valence-corrected chi connectivity index (χ4v) is 3.11. The topological polar surface area (TPSA) is 26.7 Å². The molecule has 1 aliphatic heterocycles. The molecule has 0 spiro atoms. The van der Waals surface area contributed by atoms with Crippen LogP contribution in [0.2, 0.25) is 0 Å². The minimum Gasteiger partial charge on any atom is -0.395 e. The minimum atomic E-state index is 0.263. The monoisotopic (exact) mass is 276 g/mol. The van der Waals surface area contributed by atoms with E-state index in [0.29, 0.717) is 6.04 Å². The molecule has 1 unspecified atom stereocenters. The summed E-state index contributed by atoms with van der Waals surface area (Å²) >= 11 is 0. The second kappa shape index (κ2) is 8.40. The molecule has 0 amide bonds. The van der Waals surface area contributed by atoms with Crippen LogP contribution in [0.3, 0.4) is 0 Å². The Hall–Kier alpha value is -0.900. The van der Waals surface area contributed by atoms with Crippen molar-refractivity contribution in [3.05, 3.63) is 35.9 Å². The van der Waals surface area contributed by atoms with Crippen LogP contribution in [0.5, 0.6) is 0 Å². The molecule has 1 fully saturated rings. The van der Waals surface area contributed by atoms with Gasteiger partial charge >= 0.3 is 0 Å². The Labute approximate surface area is 123 Å². The molecule has 3 heteroatoms. The highest BCUT2D eigenvalue weighted by atomic mass is 16.3. The van der Waals surface area contributed by atoms with Gasteiger partial charge in [-0.1, -0.05) is 43.7 Å². The van der Waals surface area contributed by atoms with E-state index in [-0.39, 0.29) is 6.61 Å². The number of rotatable bonds is 7. The molecule has 0 saturated carbocycles. The lowest BCUT2D eigenvalue weighted by molar-refractivity contribution is 0.0912. The molecule has 3 nitrogen and oxygen atoms in total. The second-order valence-corrected chi connectivity index (χ2v) is 5.72. The Morgan fingerprint density at radius 2 is 2.05 bits per heavy atom. The highest BCUT2D eigenvalue weighted by Crippen LogP contribution is 2.20. The molecular formula is C17H28N2O. The van der Waals surface area contributed by atoms with Crippen LogP contribution in [0.25, 0.3) is 0 Å². The summed E-state index contributed by atoms with van der Waals surface area (Å²) in [5.74, 6) is 0. The Balaban J connectivity index is 1.94. The van der Waals surface area contributed by atoms with Gasteiger partial charge in [0.1, 0.15) is 0 Å². The van der Waals surface area contributed by atoms with Gasteiger partial charge in [-0.05, 0) is 31.5 Å². The fourth-order valence-electron chi connectivity index (χ4n) is 3.11. The van der Waals surface area contributed by atoms with Crippen LogP contribution < -0.4 is 0 Å². The van der Waals surface area contributed by atoms with E-state index in [2.05, 4.69) is 47.1 Å². The summed E-state index contributed by atoms with van der Waals surface area (Å²) in [4.78, 5) is 4.99. The summed E-state index contributed by atoms with van der Waals surface area (Å²) in [6, 6.07) is 11.4. The number of aliphatic hydroxyl groups excluding tert-OH is 1. The van der Waals surface area contributed by atoms with E-state index in [1.54, 1.807) is 0 Å². The van der Waals surface area contributed by atoms with Gasteiger partial charge in [-0.25, -0.2) is 0 Å². The maximum atomic E-state index is 9.14. The van der Waals surface area contributed by atoms with Crippen molar-refractivity contribution in [1.29, 1.82) is 0 Å². The number of piperidine rings is 1. The van der Waals surface area contributed by atoms with E-state index in [1.807, 2.05) is 0 Å². The minimum absolute atomic E-state index is 0.263. The van der Waals surface area contributed by atoms with Gasteiger partial charge in [-0.2, -0.15) is 0 Å². The molecule has 0 bridgehead atoms. The van der Waals surface area contributed by atoms with E-state index >= 15 is 0 Å². The number of hydrogen-bond donors (Lipinski definition) is 1. The van der Waals surface area contributed by atoms with E-state index in [0.717, 1.165) is 26.2 Å². The first-order valence-electron chi connectivity index (χ1n) is 7.94. The van der Waals surface area contributed by atoms with Crippen molar-refractivity contribution < 1.29 is 5.11 Å². The Morgan fingerprint density at radius 1 is 1.25 bits per heavy atom. The van der Waals surface area contributed by atoms with Crippen molar-refractivity contribution in [1.82, 2.24) is 9.80 Å². The van der Waals surface area contributed by atoms with Crippen molar-refractivity contribution in [2.24, 2.45) is 0 Å². The van der Waals surface area contributed by atoms with Gasteiger partial charge in [0.05, 0.1) is 6.61 Å². The normalized spacial score (nSPS) is 20.4. The Bertz CT molecular complexity index is 369. The molecular weight excluding hydrogens is 248 g/mol. The first-order chi connectivity index (χ1) is 9.83. The fraction of sp³-hybridized carbons (Fsp3) is 0.647. The lowest BCUT2D eigenvalue weighted by atomic mass is 10.0. The summed E-state index contributed by atoms with van der Waals surface area (Å²) in [6.45, 7) is 7.62. The molecule has 1 saturated heterocycles. The first-order valence-corrected chi connectivity index (χ1v) is 7.94. The van der Waals surface area contributed by atoms with Gasteiger partial charge in [0.25, 0.3) is 0 Å². The average molecular weight is 276 g/mol. The first kappa shape index (κ1) is 15.5. The zero-order valence-corrected chi connectivity index (χ0v) is 12.7. The molecule has 0 radical (unpaired) electrons. The second-order valence-electron chi connectivity index (χ2n) is 5.72. The van der Waals surface area contributed by atoms with Gasteiger partial charge in [0, 0.05) is 25.7 Å². The lowest BCUT2D eigenvalue weighted by Gasteiger charge is -2.38. The van der Waals surface area contributed by atoms with Crippen LogP contribution in [0.4, 0.5) is 0 Å². The molecule has 112 valence electrons. The molecule has 1 aliphatic rings. The van der Waals surface area contributed by atoms with Gasteiger partial charge in [0.15, 0.2) is 0 Å². The summed E-state index contributed by atoms with van der Waals surface area (Å²) in [7, 11) is 0. The number of hydrogen-bond acceptors (Lipinski definition) is 3. The van der Waals surface area contributed by atoms with Crippen LogP contribution in [0.1, 0.15) is 31.7 Å². The Kier molecular flexibility index (Phi) is 6.51. The van der Waals surface area contributed by atoms with E-state index in [1.165, 1.54) is 31.4 Å². The summed E-state index contributed by atoms with van der Waals surface area (Å²) in [5.41, 5.74) is 1.41. The highest BCUT2D eigenvalue weighted by Gasteiger charge is 2.23.